The van der Waals surface area contributed by atoms with E-state index >= 15 is 0 Å². The minimum atomic E-state index is -0.695. The number of urea groups is 1. The molecule has 0 aliphatic heterocycles. The van der Waals surface area contributed by atoms with E-state index in [4.69, 9.17) is 18.9 Å². The van der Waals surface area contributed by atoms with Gasteiger partial charge in [0.25, 0.3) is 0 Å². The molecule has 0 aliphatic carbocycles. The van der Waals surface area contributed by atoms with E-state index in [1.807, 2.05) is 13.8 Å². The first kappa shape index (κ1) is 21.4. The molecule has 1 unspecified atom stereocenters. The number of benzene rings is 1. The Morgan fingerprint density at radius 3 is 2.00 bits per heavy atom. The molecule has 1 rings (SSSR count). The van der Waals surface area contributed by atoms with E-state index in [1.165, 1.54) is 28.4 Å². The highest BCUT2D eigenvalue weighted by Gasteiger charge is 2.22. The second kappa shape index (κ2) is 10.4. The predicted octanol–water partition coefficient (Wildman–Crippen LogP) is 2.10. The van der Waals surface area contributed by atoms with Crippen LogP contribution in [0.2, 0.25) is 0 Å². The van der Waals surface area contributed by atoms with Gasteiger partial charge in [0.15, 0.2) is 11.5 Å². The van der Waals surface area contributed by atoms with Gasteiger partial charge in [0.1, 0.15) is 6.04 Å². The SMILES string of the molecule is COC(=O)C(CC(C)C)NC(=O)NCc1cc(OC)c(OC)c(OC)c1. The number of carbonyl (C=O) groups excluding carboxylic acids is 2. The Morgan fingerprint density at radius 2 is 1.58 bits per heavy atom. The maximum atomic E-state index is 12.1. The Kier molecular flexibility index (Phi) is 8.54. The molecule has 0 radical (unpaired) electrons. The monoisotopic (exact) mass is 368 g/mol. The van der Waals surface area contributed by atoms with Crippen molar-refractivity contribution in [1.29, 1.82) is 0 Å². The minimum Gasteiger partial charge on any atom is -0.493 e. The molecule has 1 atom stereocenters. The molecule has 0 heterocycles. The summed E-state index contributed by atoms with van der Waals surface area (Å²) in [6.45, 7) is 4.15. The van der Waals surface area contributed by atoms with Gasteiger partial charge in [-0.3, -0.25) is 0 Å². The minimum absolute atomic E-state index is 0.220. The van der Waals surface area contributed by atoms with Gasteiger partial charge in [0.2, 0.25) is 5.75 Å². The lowest BCUT2D eigenvalue weighted by Gasteiger charge is -2.19. The van der Waals surface area contributed by atoms with Crippen LogP contribution in [0.25, 0.3) is 0 Å². The van der Waals surface area contributed by atoms with Crippen LogP contribution in [0.5, 0.6) is 17.2 Å². The van der Waals surface area contributed by atoms with E-state index < -0.39 is 18.0 Å². The van der Waals surface area contributed by atoms with Crippen LogP contribution in [0.3, 0.4) is 0 Å². The van der Waals surface area contributed by atoms with E-state index in [0.717, 1.165) is 5.56 Å². The summed E-state index contributed by atoms with van der Waals surface area (Å²) < 4.78 is 20.6. The molecule has 0 bridgehead atoms. The number of esters is 1. The third-order valence-electron chi connectivity index (χ3n) is 3.68. The zero-order chi connectivity index (χ0) is 19.7. The molecule has 2 N–H and O–H groups in total. The summed E-state index contributed by atoms with van der Waals surface area (Å²) in [5.74, 6) is 1.23. The van der Waals surface area contributed by atoms with Gasteiger partial charge in [-0.2, -0.15) is 0 Å². The van der Waals surface area contributed by atoms with Crippen molar-refractivity contribution >= 4 is 12.0 Å². The van der Waals surface area contributed by atoms with E-state index in [1.54, 1.807) is 12.1 Å². The quantitative estimate of drug-likeness (QED) is 0.648. The van der Waals surface area contributed by atoms with Crippen LogP contribution in [-0.2, 0) is 16.1 Å². The van der Waals surface area contributed by atoms with Crippen LogP contribution >= 0.6 is 0 Å². The van der Waals surface area contributed by atoms with Crippen molar-refractivity contribution < 1.29 is 28.5 Å². The van der Waals surface area contributed by atoms with E-state index in [-0.39, 0.29) is 12.5 Å². The fourth-order valence-corrected chi connectivity index (χ4v) is 2.46. The van der Waals surface area contributed by atoms with Gasteiger partial charge in [0, 0.05) is 6.54 Å². The zero-order valence-electron chi connectivity index (χ0n) is 16.2. The predicted molar refractivity (Wildman–Crippen MR) is 96.7 cm³/mol. The number of ether oxygens (including phenoxy) is 4. The average Bonchev–Trinajstić information content (AvgIpc) is 2.63. The molecule has 0 aliphatic rings. The van der Waals surface area contributed by atoms with E-state index in [9.17, 15) is 9.59 Å². The molecule has 8 heteroatoms. The molecule has 1 aromatic carbocycles. The fraction of sp³-hybridized carbons (Fsp3) is 0.556. The molecule has 0 saturated carbocycles. The molecular weight excluding hydrogens is 340 g/mol. The largest absolute Gasteiger partial charge is 0.493 e. The molecule has 0 fully saturated rings. The zero-order valence-corrected chi connectivity index (χ0v) is 16.2. The second-order valence-corrected chi connectivity index (χ2v) is 6.07. The highest BCUT2D eigenvalue weighted by molar-refractivity contribution is 5.83. The lowest BCUT2D eigenvalue weighted by atomic mass is 10.0. The number of amides is 2. The summed E-state index contributed by atoms with van der Waals surface area (Å²) in [4.78, 5) is 23.9. The van der Waals surface area contributed by atoms with Crippen molar-refractivity contribution in [2.24, 2.45) is 5.92 Å². The van der Waals surface area contributed by atoms with Gasteiger partial charge in [0.05, 0.1) is 28.4 Å². The number of hydrogen-bond donors (Lipinski definition) is 2. The number of nitrogens with one attached hydrogen (secondary N) is 2. The Balaban J connectivity index is 2.78. The molecule has 1 aromatic rings. The van der Waals surface area contributed by atoms with Gasteiger partial charge in [-0.1, -0.05) is 13.8 Å². The van der Waals surface area contributed by atoms with Crippen LogP contribution in [0.1, 0.15) is 25.8 Å². The van der Waals surface area contributed by atoms with Gasteiger partial charge in [-0.25, -0.2) is 9.59 Å². The molecule has 0 aromatic heterocycles. The van der Waals surface area contributed by atoms with Gasteiger partial charge in [-0.15, -0.1) is 0 Å². The first-order valence-corrected chi connectivity index (χ1v) is 8.27. The smallest absolute Gasteiger partial charge is 0.328 e. The number of methoxy groups -OCH3 is 4. The maximum Gasteiger partial charge on any atom is 0.328 e. The van der Waals surface area contributed by atoms with Crippen molar-refractivity contribution in [2.45, 2.75) is 32.9 Å². The van der Waals surface area contributed by atoms with Crippen molar-refractivity contribution in [2.75, 3.05) is 28.4 Å². The van der Waals surface area contributed by atoms with Crippen LogP contribution in [0.4, 0.5) is 4.79 Å². The lowest BCUT2D eigenvalue weighted by Crippen LogP contribution is -2.46. The molecule has 2 amide bonds. The van der Waals surface area contributed by atoms with Crippen molar-refractivity contribution in [3.05, 3.63) is 17.7 Å². The van der Waals surface area contributed by atoms with Gasteiger partial charge < -0.3 is 29.6 Å². The Hall–Kier alpha value is -2.64. The first-order valence-electron chi connectivity index (χ1n) is 8.27. The summed E-state index contributed by atoms with van der Waals surface area (Å²) in [5, 5.41) is 5.35. The summed E-state index contributed by atoms with van der Waals surface area (Å²) >= 11 is 0. The van der Waals surface area contributed by atoms with Crippen LogP contribution in [0.15, 0.2) is 12.1 Å². The second-order valence-electron chi connectivity index (χ2n) is 6.07. The van der Waals surface area contributed by atoms with Crippen molar-refractivity contribution in [3.8, 4) is 17.2 Å². The standard InChI is InChI=1S/C18H28N2O6/c1-11(2)7-13(17(21)26-6)20-18(22)19-10-12-8-14(23-3)16(25-5)15(9-12)24-4/h8-9,11,13H,7,10H2,1-6H3,(H2,19,20,22). The summed E-state index contributed by atoms with van der Waals surface area (Å²) in [6.07, 6.45) is 0.490. The third kappa shape index (κ3) is 6.02. The normalized spacial score (nSPS) is 11.5. The Bertz CT molecular complexity index is 593. The average molecular weight is 368 g/mol. The number of rotatable bonds is 9. The molecule has 8 nitrogen and oxygen atoms in total. The third-order valence-corrected chi connectivity index (χ3v) is 3.68. The van der Waals surface area contributed by atoms with Gasteiger partial charge in [-0.05, 0) is 30.0 Å². The lowest BCUT2D eigenvalue weighted by molar-refractivity contribution is -0.143. The fourth-order valence-electron chi connectivity index (χ4n) is 2.46. The topological polar surface area (TPSA) is 95.1 Å². The molecular formula is C18H28N2O6. The van der Waals surface area contributed by atoms with Crippen molar-refractivity contribution in [1.82, 2.24) is 10.6 Å². The van der Waals surface area contributed by atoms with Crippen LogP contribution < -0.4 is 24.8 Å². The summed E-state index contributed by atoms with van der Waals surface area (Å²) in [6, 6.07) is 2.33. The Morgan fingerprint density at radius 1 is 1.00 bits per heavy atom. The van der Waals surface area contributed by atoms with E-state index in [2.05, 4.69) is 10.6 Å². The molecule has 0 spiro atoms. The molecule has 146 valence electrons. The molecule has 0 saturated heterocycles. The molecule has 26 heavy (non-hydrogen) atoms. The first-order chi connectivity index (χ1) is 12.4. The highest BCUT2D eigenvalue weighted by Crippen LogP contribution is 2.38. The van der Waals surface area contributed by atoms with Crippen molar-refractivity contribution in [3.63, 3.8) is 0 Å². The van der Waals surface area contributed by atoms with Gasteiger partial charge >= 0.3 is 12.0 Å². The van der Waals surface area contributed by atoms with Crippen LogP contribution in [-0.4, -0.2) is 46.5 Å². The summed E-state index contributed by atoms with van der Waals surface area (Å²) in [5.41, 5.74) is 0.758. The maximum absolute atomic E-state index is 12.1. The van der Waals surface area contributed by atoms with Crippen LogP contribution in [0, 0.1) is 5.92 Å². The highest BCUT2D eigenvalue weighted by atomic mass is 16.5. The number of carbonyl (C=O) groups is 2. The number of hydrogen-bond acceptors (Lipinski definition) is 6. The van der Waals surface area contributed by atoms with E-state index in [0.29, 0.717) is 23.7 Å². The summed E-state index contributed by atoms with van der Waals surface area (Å²) in [7, 11) is 5.86. The Labute approximate surface area is 154 Å².